The van der Waals surface area contributed by atoms with Crippen LogP contribution >= 0.6 is 11.3 Å². The molecule has 0 atom stereocenters. The van der Waals surface area contributed by atoms with Crippen LogP contribution in [-0.2, 0) is 31.2 Å². The molecule has 9 rings (SSSR count). The van der Waals surface area contributed by atoms with E-state index in [0.717, 1.165) is 27.3 Å². The van der Waals surface area contributed by atoms with Gasteiger partial charge in [0.2, 0.25) is 0 Å². The fourth-order valence-corrected chi connectivity index (χ4v) is 7.69. The summed E-state index contributed by atoms with van der Waals surface area (Å²) in [7, 11) is 0. The van der Waals surface area contributed by atoms with Gasteiger partial charge in [-0.25, -0.2) is 0 Å². The summed E-state index contributed by atoms with van der Waals surface area (Å²) in [5, 5.41) is 15.0. The number of fused-ring (bicyclic) bond motifs is 8. The first-order chi connectivity index (χ1) is 20.7. The van der Waals surface area contributed by atoms with Crippen molar-refractivity contribution in [3.63, 3.8) is 0 Å². The molecule has 0 N–H and O–H groups in total. The molecular formula is C38H22N2S2V. The van der Waals surface area contributed by atoms with E-state index in [0.29, 0.717) is 0 Å². The minimum Gasteiger partial charge on any atom is -0.781 e. The van der Waals surface area contributed by atoms with Crippen molar-refractivity contribution in [2.75, 3.05) is 0 Å². The van der Waals surface area contributed by atoms with E-state index >= 15 is 0 Å². The van der Waals surface area contributed by atoms with Crippen LogP contribution in [0.25, 0.3) is 74.5 Å². The average molecular weight is 622 g/mol. The van der Waals surface area contributed by atoms with E-state index in [-0.39, 0.29) is 18.6 Å². The zero-order valence-electron chi connectivity index (χ0n) is 22.9. The third-order valence-electron chi connectivity index (χ3n) is 8.33. The second-order valence-electron chi connectivity index (χ2n) is 10.8. The molecule has 0 aliphatic carbocycles. The van der Waals surface area contributed by atoms with E-state index in [2.05, 4.69) is 132 Å². The fourth-order valence-electron chi connectivity index (χ4n) is 6.36. The van der Waals surface area contributed by atoms with Gasteiger partial charge in [0.1, 0.15) is 0 Å². The van der Waals surface area contributed by atoms with Gasteiger partial charge in [-0.15, -0.1) is 22.7 Å². The van der Waals surface area contributed by atoms with Gasteiger partial charge in [0.25, 0.3) is 0 Å². The zero-order chi connectivity index (χ0) is 27.8. The molecule has 43 heavy (non-hydrogen) atoms. The molecule has 201 valence electrons. The smallest absolute Gasteiger partial charge is 0.781 e. The number of aromatic nitrogens is 1. The Balaban J connectivity index is 0.00000278. The standard InChI is InChI=1S/C38H23N2S2.V/c41-34-17-18-36-37(29-11-5-6-12-35(29)42-36)38(34)39-27-13-15-28(16-14-27)40-32-21-25-9-3-1-7-23(25)19-30(32)31-20-24-8-2-4-10-26(24)22-33(31)40;/h1-22,41H;/q-1;+2/p-1. The summed E-state index contributed by atoms with van der Waals surface area (Å²) in [5.41, 5.74) is 5.28. The van der Waals surface area contributed by atoms with Crippen LogP contribution in [0.1, 0.15) is 0 Å². The molecule has 0 saturated carbocycles. The molecule has 0 amide bonds. The second kappa shape index (κ2) is 10.2. The molecule has 1 radical (unpaired) electrons. The van der Waals surface area contributed by atoms with Crippen LogP contribution in [-0.4, -0.2) is 4.57 Å². The Morgan fingerprint density at radius 3 is 1.72 bits per heavy atom. The number of nitrogens with zero attached hydrogens (tertiary/aromatic N) is 2. The third-order valence-corrected chi connectivity index (χ3v) is 9.79. The summed E-state index contributed by atoms with van der Waals surface area (Å²) in [5.74, 6) is 0. The molecular weight excluding hydrogens is 600 g/mol. The number of hydrogen-bond donors (Lipinski definition) is 0. The monoisotopic (exact) mass is 621 g/mol. The zero-order valence-corrected chi connectivity index (χ0v) is 25.9. The van der Waals surface area contributed by atoms with Gasteiger partial charge in [-0.05, 0) is 80.8 Å². The van der Waals surface area contributed by atoms with Gasteiger partial charge in [-0.3, -0.25) is 0 Å². The van der Waals surface area contributed by atoms with Gasteiger partial charge in [0.15, 0.2) is 0 Å². The molecule has 2 heterocycles. The number of thiophene rings is 1. The first-order valence-corrected chi connectivity index (χ1v) is 15.2. The first-order valence-electron chi connectivity index (χ1n) is 14.0. The van der Waals surface area contributed by atoms with Crippen LogP contribution in [0, 0.1) is 0 Å². The molecule has 0 aliphatic rings. The maximum absolute atomic E-state index is 5.79. The Labute approximate surface area is 269 Å². The minimum atomic E-state index is 0. The molecule has 2 aromatic heterocycles. The Bertz CT molecular complexity index is 2410. The van der Waals surface area contributed by atoms with Gasteiger partial charge in [-0.2, -0.15) is 4.90 Å². The van der Waals surface area contributed by atoms with Crippen molar-refractivity contribution >= 4 is 98.9 Å². The predicted molar refractivity (Wildman–Crippen MR) is 183 cm³/mol. The van der Waals surface area contributed by atoms with E-state index in [1.807, 2.05) is 6.07 Å². The van der Waals surface area contributed by atoms with Gasteiger partial charge >= 0.3 is 18.6 Å². The predicted octanol–water partition coefficient (Wildman–Crippen LogP) is 11.7. The summed E-state index contributed by atoms with van der Waals surface area (Å²) in [6, 6.07) is 47.7. The van der Waals surface area contributed by atoms with Crippen molar-refractivity contribution in [3.8, 4) is 5.69 Å². The van der Waals surface area contributed by atoms with Crippen molar-refractivity contribution in [3.05, 3.63) is 139 Å². The molecule has 0 bridgehead atoms. The largest absolute Gasteiger partial charge is 2.00 e. The topological polar surface area (TPSA) is 19.0 Å². The normalized spacial score (nSPS) is 11.6. The van der Waals surface area contributed by atoms with E-state index in [1.165, 1.54) is 58.1 Å². The molecule has 0 saturated heterocycles. The Hall–Kier alpha value is -4.32. The van der Waals surface area contributed by atoms with E-state index in [9.17, 15) is 0 Å². The third kappa shape index (κ3) is 4.14. The van der Waals surface area contributed by atoms with Gasteiger partial charge < -0.3 is 22.5 Å². The molecule has 9 aromatic rings. The van der Waals surface area contributed by atoms with Crippen LogP contribution in [0.2, 0.25) is 0 Å². The molecule has 5 heteroatoms. The van der Waals surface area contributed by atoms with E-state index < -0.39 is 0 Å². The molecule has 2 nitrogen and oxygen atoms in total. The van der Waals surface area contributed by atoms with Crippen LogP contribution in [0.3, 0.4) is 0 Å². The summed E-state index contributed by atoms with van der Waals surface area (Å²) in [6.07, 6.45) is 0. The van der Waals surface area contributed by atoms with Gasteiger partial charge in [0, 0.05) is 25.9 Å². The Morgan fingerprint density at radius 1 is 0.535 bits per heavy atom. The van der Waals surface area contributed by atoms with Crippen LogP contribution in [0.15, 0.2) is 138 Å². The van der Waals surface area contributed by atoms with Crippen LogP contribution in [0.5, 0.6) is 0 Å². The number of benzene rings is 7. The fraction of sp³-hybridized carbons (Fsp3) is 0. The number of hydrogen-bond acceptors (Lipinski definition) is 2. The molecule has 0 unspecified atom stereocenters. The molecule has 7 aromatic carbocycles. The Morgan fingerprint density at radius 2 is 1.09 bits per heavy atom. The van der Waals surface area contributed by atoms with Crippen molar-refractivity contribution in [1.29, 1.82) is 0 Å². The summed E-state index contributed by atoms with van der Waals surface area (Å²) >= 11 is 7.58. The maximum atomic E-state index is 5.79. The average Bonchev–Trinajstić information content (AvgIpc) is 3.55. The van der Waals surface area contributed by atoms with Crippen molar-refractivity contribution in [2.45, 2.75) is 4.90 Å². The summed E-state index contributed by atoms with van der Waals surface area (Å²) in [6.45, 7) is 0. The quantitative estimate of drug-likeness (QED) is 0.180. The molecule has 0 spiro atoms. The Kier molecular flexibility index (Phi) is 6.21. The summed E-state index contributed by atoms with van der Waals surface area (Å²) < 4.78 is 4.86. The molecule has 0 aliphatic heterocycles. The van der Waals surface area contributed by atoms with Crippen molar-refractivity contribution in [1.82, 2.24) is 4.57 Å². The van der Waals surface area contributed by atoms with Gasteiger partial charge in [0.05, 0.1) is 11.0 Å². The maximum Gasteiger partial charge on any atom is 2.00 e. The second-order valence-corrected chi connectivity index (χ2v) is 12.3. The SMILES string of the molecule is [S-]c1ccc2sc3ccccc3c2c1[N-]c1ccc(-n2c3cc4ccccc4cc3c3cc4ccccc4cc32)cc1.[V+2]. The van der Waals surface area contributed by atoms with Crippen LogP contribution < -0.4 is 0 Å². The van der Waals surface area contributed by atoms with E-state index in [4.69, 9.17) is 17.9 Å². The minimum absolute atomic E-state index is 0. The van der Waals surface area contributed by atoms with Crippen molar-refractivity contribution < 1.29 is 18.6 Å². The first kappa shape index (κ1) is 26.3. The number of rotatable bonds is 3. The van der Waals surface area contributed by atoms with Gasteiger partial charge in [-0.1, -0.05) is 84.9 Å². The summed E-state index contributed by atoms with van der Waals surface area (Å²) in [4.78, 5) is 0.774. The van der Waals surface area contributed by atoms with E-state index in [1.54, 1.807) is 11.3 Å². The molecule has 0 fully saturated rings. The van der Waals surface area contributed by atoms with Crippen molar-refractivity contribution in [2.24, 2.45) is 0 Å². The van der Waals surface area contributed by atoms with Crippen LogP contribution in [0.4, 0.5) is 11.4 Å².